The summed E-state index contributed by atoms with van der Waals surface area (Å²) >= 11 is 3.51. The van der Waals surface area contributed by atoms with E-state index >= 15 is 0 Å². The molecule has 0 saturated carbocycles. The molecule has 1 heterocycles. The quantitative estimate of drug-likeness (QED) is 0.844. The molecule has 4 heteroatoms. The lowest BCUT2D eigenvalue weighted by Crippen LogP contribution is -2.25. The Kier molecular flexibility index (Phi) is 3.74. The van der Waals surface area contributed by atoms with Crippen molar-refractivity contribution in [3.8, 4) is 0 Å². The average Bonchev–Trinajstić information content (AvgIpc) is 2.45. The van der Waals surface area contributed by atoms with Crippen LogP contribution in [0.4, 0.5) is 17.1 Å². The highest BCUT2D eigenvalue weighted by atomic mass is 79.9. The maximum atomic E-state index is 11.8. The molecule has 0 aromatic heterocycles. The van der Waals surface area contributed by atoms with Crippen molar-refractivity contribution < 1.29 is 4.79 Å². The molecule has 1 aliphatic heterocycles. The number of carbonyl (C=O) groups is 1. The Morgan fingerprint density at radius 2 is 1.90 bits per heavy atom. The third-order valence-electron chi connectivity index (χ3n) is 3.38. The number of benzene rings is 2. The number of anilines is 3. The van der Waals surface area contributed by atoms with E-state index in [0.717, 1.165) is 34.5 Å². The molecule has 102 valence electrons. The maximum absolute atomic E-state index is 11.8. The summed E-state index contributed by atoms with van der Waals surface area (Å²) in [6.07, 6.45) is 1.39. The van der Waals surface area contributed by atoms with Crippen molar-refractivity contribution in [3.05, 3.63) is 53.0 Å². The summed E-state index contributed by atoms with van der Waals surface area (Å²) in [7, 11) is 0. The van der Waals surface area contributed by atoms with Crippen LogP contribution in [0.5, 0.6) is 0 Å². The van der Waals surface area contributed by atoms with Crippen LogP contribution < -0.4 is 10.2 Å². The number of carbonyl (C=O) groups excluding carboxylic acids is 1. The second-order valence-corrected chi connectivity index (χ2v) is 5.72. The van der Waals surface area contributed by atoms with Crippen LogP contribution in [0.1, 0.15) is 12.8 Å². The van der Waals surface area contributed by atoms with Gasteiger partial charge in [-0.1, -0.05) is 34.1 Å². The van der Waals surface area contributed by atoms with Crippen LogP contribution in [0.2, 0.25) is 0 Å². The van der Waals surface area contributed by atoms with Crippen molar-refractivity contribution in [1.29, 1.82) is 0 Å². The van der Waals surface area contributed by atoms with Gasteiger partial charge in [-0.25, -0.2) is 0 Å². The zero-order valence-corrected chi connectivity index (χ0v) is 12.6. The fourth-order valence-corrected chi connectivity index (χ4v) is 2.79. The Labute approximate surface area is 126 Å². The lowest BCUT2D eigenvalue weighted by atomic mass is 10.1. The smallest absolute Gasteiger partial charge is 0.224 e. The molecular weight excluding hydrogens is 316 g/mol. The summed E-state index contributed by atoms with van der Waals surface area (Å²) in [5, 5.41) is 2.99. The first-order valence-corrected chi connectivity index (χ1v) is 7.45. The van der Waals surface area contributed by atoms with Gasteiger partial charge in [-0.15, -0.1) is 0 Å². The predicted octanol–water partition coefficient (Wildman–Crippen LogP) is 4.32. The van der Waals surface area contributed by atoms with Gasteiger partial charge in [0, 0.05) is 23.1 Å². The maximum Gasteiger partial charge on any atom is 0.224 e. The lowest BCUT2D eigenvalue weighted by Gasteiger charge is -2.29. The van der Waals surface area contributed by atoms with E-state index in [4.69, 9.17) is 0 Å². The first-order chi connectivity index (χ1) is 9.74. The van der Waals surface area contributed by atoms with Gasteiger partial charge in [0.15, 0.2) is 0 Å². The number of para-hydroxylation sites is 1. The third kappa shape index (κ3) is 2.70. The summed E-state index contributed by atoms with van der Waals surface area (Å²) in [6.45, 7) is 0.834. The summed E-state index contributed by atoms with van der Waals surface area (Å²) in [5.74, 6) is 0.0845. The van der Waals surface area contributed by atoms with Crippen LogP contribution in [-0.2, 0) is 4.79 Å². The van der Waals surface area contributed by atoms with Gasteiger partial charge in [-0.3, -0.25) is 4.79 Å². The molecule has 0 spiro atoms. The number of amides is 1. The van der Waals surface area contributed by atoms with Crippen molar-refractivity contribution in [3.63, 3.8) is 0 Å². The minimum atomic E-state index is 0.0845. The number of hydrogen-bond acceptors (Lipinski definition) is 2. The number of rotatable bonds is 1. The molecule has 0 fully saturated rings. The van der Waals surface area contributed by atoms with Crippen molar-refractivity contribution >= 4 is 38.9 Å². The van der Waals surface area contributed by atoms with Gasteiger partial charge < -0.3 is 10.2 Å². The molecule has 2 aromatic rings. The molecule has 3 nitrogen and oxygen atoms in total. The highest BCUT2D eigenvalue weighted by Gasteiger charge is 2.18. The van der Waals surface area contributed by atoms with E-state index < -0.39 is 0 Å². The minimum absolute atomic E-state index is 0.0845. The Hall–Kier alpha value is -1.81. The van der Waals surface area contributed by atoms with Crippen LogP contribution in [0.15, 0.2) is 53.0 Å². The fraction of sp³-hybridized carbons (Fsp3) is 0.188. The normalized spacial score (nSPS) is 15.1. The molecule has 3 rings (SSSR count). The van der Waals surface area contributed by atoms with Crippen molar-refractivity contribution in [2.75, 3.05) is 16.8 Å². The first-order valence-electron chi connectivity index (χ1n) is 6.66. The second kappa shape index (κ2) is 5.67. The van der Waals surface area contributed by atoms with Gasteiger partial charge in [0.25, 0.3) is 0 Å². The fourth-order valence-electron chi connectivity index (χ4n) is 2.44. The van der Waals surface area contributed by atoms with Gasteiger partial charge in [-0.05, 0) is 36.8 Å². The van der Waals surface area contributed by atoms with E-state index in [9.17, 15) is 4.79 Å². The standard InChI is InChI=1S/C16H15BrN2O/c17-12-8-9-14-15(11-12)19(10-4-7-16(20)18-14)13-5-2-1-3-6-13/h1-3,5-6,8-9,11H,4,7,10H2,(H,18,20). The van der Waals surface area contributed by atoms with Crippen LogP contribution in [0, 0.1) is 0 Å². The Balaban J connectivity index is 2.09. The van der Waals surface area contributed by atoms with Gasteiger partial charge in [-0.2, -0.15) is 0 Å². The highest BCUT2D eigenvalue weighted by Crippen LogP contribution is 2.35. The molecule has 0 unspecified atom stereocenters. The van der Waals surface area contributed by atoms with E-state index in [1.807, 2.05) is 36.4 Å². The highest BCUT2D eigenvalue weighted by molar-refractivity contribution is 9.10. The number of fused-ring (bicyclic) bond motifs is 1. The van der Waals surface area contributed by atoms with E-state index in [2.05, 4.69) is 38.3 Å². The first kappa shape index (κ1) is 13.2. The molecule has 0 atom stereocenters. The van der Waals surface area contributed by atoms with Crippen LogP contribution in [0.25, 0.3) is 0 Å². The molecule has 0 saturated heterocycles. The number of halogens is 1. The molecule has 1 N–H and O–H groups in total. The van der Waals surface area contributed by atoms with E-state index in [0.29, 0.717) is 6.42 Å². The largest absolute Gasteiger partial charge is 0.340 e. The topological polar surface area (TPSA) is 32.3 Å². The van der Waals surface area contributed by atoms with Crippen LogP contribution in [-0.4, -0.2) is 12.5 Å². The summed E-state index contributed by atoms with van der Waals surface area (Å²) in [5.41, 5.74) is 3.03. The molecule has 20 heavy (non-hydrogen) atoms. The van der Waals surface area contributed by atoms with Gasteiger partial charge in [0.1, 0.15) is 0 Å². The number of hydrogen-bond donors (Lipinski definition) is 1. The van der Waals surface area contributed by atoms with Crippen LogP contribution >= 0.6 is 15.9 Å². The van der Waals surface area contributed by atoms with E-state index in [1.54, 1.807) is 0 Å². The van der Waals surface area contributed by atoms with Crippen molar-refractivity contribution in [2.45, 2.75) is 12.8 Å². The monoisotopic (exact) mass is 330 g/mol. The van der Waals surface area contributed by atoms with Crippen molar-refractivity contribution in [2.24, 2.45) is 0 Å². The summed E-state index contributed by atoms with van der Waals surface area (Å²) in [4.78, 5) is 14.0. The van der Waals surface area contributed by atoms with Gasteiger partial charge in [0.05, 0.1) is 11.4 Å². The molecule has 1 amide bonds. The number of nitrogens with zero attached hydrogens (tertiary/aromatic N) is 1. The SMILES string of the molecule is O=C1CCCN(c2ccccc2)c2cc(Br)ccc2N1. The molecule has 0 radical (unpaired) electrons. The lowest BCUT2D eigenvalue weighted by molar-refractivity contribution is -0.116. The zero-order chi connectivity index (χ0) is 13.9. The molecule has 2 aromatic carbocycles. The van der Waals surface area contributed by atoms with E-state index in [1.165, 1.54) is 0 Å². The van der Waals surface area contributed by atoms with Crippen LogP contribution in [0.3, 0.4) is 0 Å². The third-order valence-corrected chi connectivity index (χ3v) is 3.87. The molecular formula is C16H15BrN2O. The average molecular weight is 331 g/mol. The Bertz CT molecular complexity index is 628. The van der Waals surface area contributed by atoms with E-state index in [-0.39, 0.29) is 5.91 Å². The summed E-state index contributed by atoms with van der Waals surface area (Å²) < 4.78 is 1.01. The molecule has 0 bridgehead atoms. The number of nitrogens with one attached hydrogen (secondary N) is 1. The molecule has 0 aliphatic carbocycles. The second-order valence-electron chi connectivity index (χ2n) is 4.80. The summed E-state index contributed by atoms with van der Waals surface area (Å²) in [6, 6.07) is 16.2. The Morgan fingerprint density at radius 1 is 1.10 bits per heavy atom. The van der Waals surface area contributed by atoms with Gasteiger partial charge >= 0.3 is 0 Å². The predicted molar refractivity (Wildman–Crippen MR) is 85.5 cm³/mol. The Morgan fingerprint density at radius 3 is 2.70 bits per heavy atom. The van der Waals surface area contributed by atoms with Gasteiger partial charge in [0.2, 0.25) is 5.91 Å². The zero-order valence-electron chi connectivity index (χ0n) is 11.0. The minimum Gasteiger partial charge on any atom is -0.340 e. The van der Waals surface area contributed by atoms with Crippen molar-refractivity contribution in [1.82, 2.24) is 0 Å². The molecule has 1 aliphatic rings.